The highest BCUT2D eigenvalue weighted by Gasteiger charge is 2.18. The fourth-order valence-corrected chi connectivity index (χ4v) is 2.31. The fourth-order valence-electron chi connectivity index (χ4n) is 2.31. The lowest BCUT2D eigenvalue weighted by molar-refractivity contribution is 0.286. The molecule has 0 aromatic carbocycles. The van der Waals surface area contributed by atoms with Crippen molar-refractivity contribution in [3.8, 4) is 0 Å². The highest BCUT2D eigenvalue weighted by molar-refractivity contribution is 4.85. The number of hydrogen-bond acceptors (Lipinski definition) is 3. The van der Waals surface area contributed by atoms with Gasteiger partial charge in [-0.25, -0.2) is 9.48 Å². The lowest BCUT2D eigenvalue weighted by atomic mass is 9.96. The third-order valence-corrected chi connectivity index (χ3v) is 3.18. The smallest absolute Gasteiger partial charge is 0.343 e. The molecule has 90 valence electrons. The molecule has 0 saturated heterocycles. The molecule has 0 radical (unpaired) electrons. The molecule has 16 heavy (non-hydrogen) atoms. The first-order valence-electron chi connectivity index (χ1n) is 6.10. The third-order valence-electron chi connectivity index (χ3n) is 3.18. The number of aliphatic hydroxyl groups is 1. The number of aryl methyl sites for hydroxylation is 1. The van der Waals surface area contributed by atoms with Gasteiger partial charge in [0, 0.05) is 13.0 Å². The number of aromatic nitrogens is 3. The average Bonchev–Trinajstić information content (AvgIpc) is 2.69. The Hall–Kier alpha value is -1.10. The summed E-state index contributed by atoms with van der Waals surface area (Å²) in [6.45, 7) is 0.137. The number of nitrogens with one attached hydrogen (secondary N) is 1. The number of nitrogens with zero attached hydrogens (tertiary/aromatic N) is 2. The minimum Gasteiger partial charge on any atom is -0.396 e. The minimum atomic E-state index is -0.0974. The first-order chi connectivity index (χ1) is 7.81. The summed E-state index contributed by atoms with van der Waals surface area (Å²) in [5.41, 5.74) is -0.0974. The molecule has 1 aliphatic carbocycles. The normalized spacial score (nSPS) is 17.8. The van der Waals surface area contributed by atoms with Gasteiger partial charge in [-0.05, 0) is 19.3 Å². The zero-order valence-corrected chi connectivity index (χ0v) is 9.48. The van der Waals surface area contributed by atoms with Crippen molar-refractivity contribution in [1.82, 2.24) is 14.8 Å². The maximum absolute atomic E-state index is 11.7. The molecule has 0 unspecified atom stereocenters. The molecule has 1 heterocycles. The van der Waals surface area contributed by atoms with Crippen molar-refractivity contribution >= 4 is 0 Å². The van der Waals surface area contributed by atoms with Crippen LogP contribution >= 0.6 is 0 Å². The van der Waals surface area contributed by atoms with E-state index in [4.69, 9.17) is 5.11 Å². The van der Waals surface area contributed by atoms with Crippen LogP contribution in [-0.4, -0.2) is 26.5 Å². The summed E-state index contributed by atoms with van der Waals surface area (Å²) >= 11 is 0. The van der Waals surface area contributed by atoms with Gasteiger partial charge in [0.05, 0.1) is 6.04 Å². The first kappa shape index (κ1) is 11.4. The summed E-state index contributed by atoms with van der Waals surface area (Å²) in [6.07, 6.45) is 7.07. The highest BCUT2D eigenvalue weighted by Crippen LogP contribution is 2.26. The van der Waals surface area contributed by atoms with Crippen LogP contribution in [0.15, 0.2) is 4.79 Å². The molecule has 1 aromatic heterocycles. The lowest BCUT2D eigenvalue weighted by Crippen LogP contribution is -2.25. The van der Waals surface area contributed by atoms with Crippen molar-refractivity contribution in [2.75, 3.05) is 6.61 Å². The predicted molar refractivity (Wildman–Crippen MR) is 60.4 cm³/mol. The van der Waals surface area contributed by atoms with E-state index in [0.717, 1.165) is 12.8 Å². The van der Waals surface area contributed by atoms with E-state index in [1.807, 2.05) is 0 Å². The van der Waals surface area contributed by atoms with Gasteiger partial charge in [-0.1, -0.05) is 19.3 Å². The molecule has 5 nitrogen and oxygen atoms in total. The minimum absolute atomic E-state index is 0.0974. The summed E-state index contributed by atoms with van der Waals surface area (Å²) in [4.78, 5) is 14.4. The Kier molecular flexibility index (Phi) is 3.77. The van der Waals surface area contributed by atoms with Gasteiger partial charge in [0.25, 0.3) is 0 Å². The van der Waals surface area contributed by atoms with E-state index < -0.39 is 0 Å². The third kappa shape index (κ3) is 2.52. The van der Waals surface area contributed by atoms with Crippen LogP contribution in [0, 0.1) is 0 Å². The van der Waals surface area contributed by atoms with Gasteiger partial charge in [-0.3, -0.25) is 4.98 Å². The van der Waals surface area contributed by atoms with Crippen molar-refractivity contribution in [3.63, 3.8) is 0 Å². The number of rotatable bonds is 4. The molecule has 0 spiro atoms. The van der Waals surface area contributed by atoms with Crippen LogP contribution in [0.25, 0.3) is 0 Å². The Balaban J connectivity index is 2.08. The fraction of sp³-hybridized carbons (Fsp3) is 0.818. The molecular formula is C11H19N3O2. The lowest BCUT2D eigenvalue weighted by Gasteiger charge is -2.20. The van der Waals surface area contributed by atoms with Crippen LogP contribution in [-0.2, 0) is 6.42 Å². The van der Waals surface area contributed by atoms with Crippen molar-refractivity contribution in [2.45, 2.75) is 51.0 Å². The van der Waals surface area contributed by atoms with E-state index >= 15 is 0 Å². The van der Waals surface area contributed by atoms with E-state index in [9.17, 15) is 4.79 Å². The molecule has 2 rings (SSSR count). The van der Waals surface area contributed by atoms with Crippen LogP contribution in [0.4, 0.5) is 0 Å². The number of H-pyrrole nitrogens is 1. The summed E-state index contributed by atoms with van der Waals surface area (Å²) < 4.78 is 1.60. The summed E-state index contributed by atoms with van der Waals surface area (Å²) in [5.74, 6) is 0.699. The summed E-state index contributed by atoms with van der Waals surface area (Å²) in [6, 6.07) is 0.278. The van der Waals surface area contributed by atoms with Gasteiger partial charge in [-0.2, -0.15) is 5.10 Å². The molecular weight excluding hydrogens is 206 g/mol. The second-order valence-electron chi connectivity index (χ2n) is 4.44. The Labute approximate surface area is 94.5 Å². The van der Waals surface area contributed by atoms with Gasteiger partial charge in [0.15, 0.2) is 0 Å². The average molecular weight is 225 g/mol. The Morgan fingerprint density at radius 3 is 2.81 bits per heavy atom. The van der Waals surface area contributed by atoms with E-state index in [1.165, 1.54) is 19.3 Å². The second-order valence-corrected chi connectivity index (χ2v) is 4.44. The van der Waals surface area contributed by atoms with Crippen LogP contribution in [0.1, 0.15) is 50.4 Å². The van der Waals surface area contributed by atoms with Crippen LogP contribution in [0.5, 0.6) is 0 Å². The molecule has 0 bridgehead atoms. The van der Waals surface area contributed by atoms with E-state index in [0.29, 0.717) is 18.7 Å². The largest absolute Gasteiger partial charge is 0.396 e. The monoisotopic (exact) mass is 225 g/mol. The van der Waals surface area contributed by atoms with Gasteiger partial charge >= 0.3 is 5.69 Å². The second kappa shape index (κ2) is 5.30. The van der Waals surface area contributed by atoms with Gasteiger partial charge < -0.3 is 5.11 Å². The van der Waals surface area contributed by atoms with E-state index in [2.05, 4.69) is 10.1 Å². The maximum Gasteiger partial charge on any atom is 0.343 e. The van der Waals surface area contributed by atoms with Crippen molar-refractivity contribution < 1.29 is 5.11 Å². The summed E-state index contributed by atoms with van der Waals surface area (Å²) in [7, 11) is 0. The highest BCUT2D eigenvalue weighted by atomic mass is 16.3. The Morgan fingerprint density at radius 2 is 2.12 bits per heavy atom. The number of hydrogen-bond donors (Lipinski definition) is 2. The van der Waals surface area contributed by atoms with Gasteiger partial charge in [0.2, 0.25) is 0 Å². The summed E-state index contributed by atoms with van der Waals surface area (Å²) in [5, 5.41) is 13.0. The SMILES string of the molecule is O=c1[nH]c(CCCO)nn1C1CCCCC1. The molecule has 1 fully saturated rings. The molecule has 1 aliphatic rings. The molecule has 5 heteroatoms. The quantitative estimate of drug-likeness (QED) is 0.803. The van der Waals surface area contributed by atoms with Gasteiger partial charge in [0.1, 0.15) is 5.82 Å². The molecule has 2 N–H and O–H groups in total. The topological polar surface area (TPSA) is 70.9 Å². The van der Waals surface area contributed by atoms with Crippen molar-refractivity contribution in [3.05, 3.63) is 16.3 Å². The first-order valence-corrected chi connectivity index (χ1v) is 6.10. The van der Waals surface area contributed by atoms with Crippen LogP contribution < -0.4 is 5.69 Å². The van der Waals surface area contributed by atoms with Crippen LogP contribution in [0.3, 0.4) is 0 Å². The van der Waals surface area contributed by atoms with Crippen molar-refractivity contribution in [1.29, 1.82) is 0 Å². The molecule has 0 aliphatic heterocycles. The maximum atomic E-state index is 11.7. The standard InChI is InChI=1S/C11H19N3O2/c15-8-4-7-10-12-11(16)14(13-10)9-5-2-1-3-6-9/h9,15H,1-8H2,(H,12,13,16). The molecule has 0 amide bonds. The van der Waals surface area contributed by atoms with Crippen molar-refractivity contribution in [2.24, 2.45) is 0 Å². The zero-order chi connectivity index (χ0) is 11.4. The predicted octanol–water partition coefficient (Wildman–Crippen LogP) is 1.00. The molecule has 1 aromatic rings. The van der Waals surface area contributed by atoms with E-state index in [1.54, 1.807) is 4.68 Å². The Morgan fingerprint density at radius 1 is 1.38 bits per heavy atom. The van der Waals surface area contributed by atoms with Crippen LogP contribution in [0.2, 0.25) is 0 Å². The van der Waals surface area contributed by atoms with Gasteiger partial charge in [-0.15, -0.1) is 0 Å². The number of aliphatic hydroxyl groups excluding tert-OH is 1. The zero-order valence-electron chi connectivity index (χ0n) is 9.48. The molecule has 1 saturated carbocycles. The number of aromatic amines is 1. The molecule has 0 atom stereocenters. The van der Waals surface area contributed by atoms with E-state index in [-0.39, 0.29) is 18.3 Å². The Bertz CT molecular complexity index is 377.